The van der Waals surface area contributed by atoms with E-state index in [1.807, 2.05) is 43.4 Å². The number of ether oxygens (including phenoxy) is 2. The van der Waals surface area contributed by atoms with Crippen molar-refractivity contribution in [2.24, 2.45) is 0 Å². The van der Waals surface area contributed by atoms with E-state index in [-0.39, 0.29) is 0 Å². The number of hydrogen-bond donors (Lipinski definition) is 1. The quantitative estimate of drug-likeness (QED) is 0.840. The number of aromatic nitrogens is 1. The van der Waals surface area contributed by atoms with Crippen molar-refractivity contribution in [3.8, 4) is 11.5 Å². The third kappa shape index (κ3) is 3.96. The normalized spacial score (nSPS) is 10.3. The fourth-order valence-electron chi connectivity index (χ4n) is 1.86. The van der Waals surface area contributed by atoms with Crippen LogP contribution in [0.25, 0.3) is 0 Å². The van der Waals surface area contributed by atoms with E-state index in [0.29, 0.717) is 12.4 Å². The summed E-state index contributed by atoms with van der Waals surface area (Å²) in [6.45, 7) is 1.40. The summed E-state index contributed by atoms with van der Waals surface area (Å²) in [5.74, 6) is 1.39. The molecule has 4 nitrogen and oxygen atoms in total. The van der Waals surface area contributed by atoms with Crippen LogP contribution in [0.5, 0.6) is 11.5 Å². The molecule has 0 aliphatic heterocycles. The zero-order chi connectivity index (χ0) is 14.2. The molecule has 0 spiro atoms. The number of nitrogens with one attached hydrogen (secondary N) is 1. The van der Waals surface area contributed by atoms with Crippen molar-refractivity contribution in [1.29, 1.82) is 0 Å². The van der Waals surface area contributed by atoms with Gasteiger partial charge < -0.3 is 14.8 Å². The number of pyridine rings is 1. The Balaban J connectivity index is 2.03. The molecule has 2 aromatic rings. The summed E-state index contributed by atoms with van der Waals surface area (Å²) in [5.41, 5.74) is 2.11. The molecule has 1 N–H and O–H groups in total. The molecule has 0 amide bonds. The second kappa shape index (κ2) is 7.50. The molecular formula is C16H20N2O2. The Kier molecular flexibility index (Phi) is 5.38. The van der Waals surface area contributed by atoms with Crippen LogP contribution in [0.1, 0.15) is 11.3 Å². The van der Waals surface area contributed by atoms with Crippen molar-refractivity contribution >= 4 is 0 Å². The van der Waals surface area contributed by atoms with Gasteiger partial charge in [-0.3, -0.25) is 4.98 Å². The Morgan fingerprint density at radius 1 is 1.15 bits per heavy atom. The smallest absolute Gasteiger partial charge is 0.179 e. The van der Waals surface area contributed by atoms with Gasteiger partial charge in [-0.2, -0.15) is 0 Å². The molecule has 0 unspecified atom stereocenters. The van der Waals surface area contributed by atoms with Gasteiger partial charge in [-0.15, -0.1) is 0 Å². The highest BCUT2D eigenvalue weighted by Gasteiger charge is 2.07. The molecule has 1 aromatic heterocycles. The van der Waals surface area contributed by atoms with Crippen molar-refractivity contribution < 1.29 is 9.47 Å². The lowest BCUT2D eigenvalue weighted by Crippen LogP contribution is -2.11. The average molecular weight is 272 g/mol. The van der Waals surface area contributed by atoms with E-state index in [9.17, 15) is 0 Å². The fourth-order valence-corrected chi connectivity index (χ4v) is 1.86. The third-order valence-electron chi connectivity index (χ3n) is 2.98. The minimum atomic E-state index is 0.509. The first-order chi connectivity index (χ1) is 9.83. The van der Waals surface area contributed by atoms with E-state index < -0.39 is 0 Å². The van der Waals surface area contributed by atoms with Crippen molar-refractivity contribution in [3.05, 3.63) is 53.9 Å². The zero-order valence-corrected chi connectivity index (χ0v) is 11.9. The summed E-state index contributed by atoms with van der Waals surface area (Å²) in [5, 5.41) is 3.10. The molecule has 4 heteroatoms. The molecule has 0 fully saturated rings. The van der Waals surface area contributed by atoms with Gasteiger partial charge in [0.2, 0.25) is 0 Å². The van der Waals surface area contributed by atoms with E-state index in [4.69, 9.17) is 9.47 Å². The molecule has 0 aliphatic rings. The SMILES string of the molecule is CNCCc1cc(OC)c(OCc2ccccc2)cn1. The highest BCUT2D eigenvalue weighted by molar-refractivity contribution is 5.39. The maximum absolute atomic E-state index is 5.77. The lowest BCUT2D eigenvalue weighted by atomic mass is 10.2. The third-order valence-corrected chi connectivity index (χ3v) is 2.98. The molecule has 20 heavy (non-hydrogen) atoms. The van der Waals surface area contributed by atoms with Crippen LogP contribution in [0.3, 0.4) is 0 Å². The Morgan fingerprint density at radius 3 is 2.65 bits per heavy atom. The lowest BCUT2D eigenvalue weighted by Gasteiger charge is -2.11. The molecule has 0 aliphatic carbocycles. The fraction of sp³-hybridized carbons (Fsp3) is 0.312. The molecule has 1 aromatic carbocycles. The molecule has 1 heterocycles. The summed E-state index contributed by atoms with van der Waals surface area (Å²) < 4.78 is 11.1. The zero-order valence-electron chi connectivity index (χ0n) is 11.9. The van der Waals surface area contributed by atoms with Gasteiger partial charge in [-0.05, 0) is 12.6 Å². The number of hydrogen-bond acceptors (Lipinski definition) is 4. The highest BCUT2D eigenvalue weighted by atomic mass is 16.5. The second-order valence-electron chi connectivity index (χ2n) is 4.45. The molecule has 0 saturated heterocycles. The Labute approximate surface area is 119 Å². The number of likely N-dealkylation sites (N-methyl/N-ethyl adjacent to an activating group) is 1. The largest absolute Gasteiger partial charge is 0.493 e. The van der Waals surface area contributed by atoms with Crippen molar-refractivity contribution in [2.75, 3.05) is 20.7 Å². The molecule has 106 valence electrons. The maximum Gasteiger partial charge on any atom is 0.179 e. The van der Waals surface area contributed by atoms with Crippen LogP contribution in [0.4, 0.5) is 0 Å². The summed E-state index contributed by atoms with van der Waals surface area (Å²) >= 11 is 0. The van der Waals surface area contributed by atoms with Gasteiger partial charge in [0.05, 0.1) is 13.3 Å². The van der Waals surface area contributed by atoms with Crippen LogP contribution in [0.2, 0.25) is 0 Å². The minimum absolute atomic E-state index is 0.509. The van der Waals surface area contributed by atoms with E-state index >= 15 is 0 Å². The van der Waals surface area contributed by atoms with Gasteiger partial charge in [0.25, 0.3) is 0 Å². The van der Waals surface area contributed by atoms with Gasteiger partial charge in [0.15, 0.2) is 11.5 Å². The first kappa shape index (κ1) is 14.3. The van der Waals surface area contributed by atoms with E-state index in [0.717, 1.165) is 30.0 Å². The topological polar surface area (TPSA) is 43.4 Å². The van der Waals surface area contributed by atoms with Crippen molar-refractivity contribution in [2.45, 2.75) is 13.0 Å². The lowest BCUT2D eigenvalue weighted by molar-refractivity contribution is 0.283. The average Bonchev–Trinajstić information content (AvgIpc) is 2.52. The summed E-state index contributed by atoms with van der Waals surface area (Å²) in [7, 11) is 3.57. The molecule has 0 bridgehead atoms. The minimum Gasteiger partial charge on any atom is -0.493 e. The van der Waals surface area contributed by atoms with E-state index in [1.54, 1.807) is 13.3 Å². The standard InChI is InChI=1S/C16H20N2O2/c1-17-9-8-14-10-15(19-2)16(11-18-14)20-12-13-6-4-3-5-7-13/h3-7,10-11,17H,8-9,12H2,1-2H3. The Morgan fingerprint density at radius 2 is 1.95 bits per heavy atom. The molecule has 2 rings (SSSR count). The monoisotopic (exact) mass is 272 g/mol. The number of benzene rings is 1. The number of rotatable bonds is 7. The summed E-state index contributed by atoms with van der Waals surface area (Å²) in [6, 6.07) is 12.0. The van der Waals surface area contributed by atoms with Gasteiger partial charge in [0, 0.05) is 24.7 Å². The van der Waals surface area contributed by atoms with Crippen molar-refractivity contribution in [3.63, 3.8) is 0 Å². The van der Waals surface area contributed by atoms with Crippen LogP contribution in [0.15, 0.2) is 42.6 Å². The van der Waals surface area contributed by atoms with Crippen LogP contribution < -0.4 is 14.8 Å². The Bertz CT molecular complexity index is 529. The van der Waals surface area contributed by atoms with Gasteiger partial charge >= 0.3 is 0 Å². The van der Waals surface area contributed by atoms with Gasteiger partial charge in [-0.1, -0.05) is 30.3 Å². The van der Waals surface area contributed by atoms with Crippen molar-refractivity contribution in [1.82, 2.24) is 10.3 Å². The predicted octanol–water partition coefficient (Wildman–Crippen LogP) is 2.43. The molecule has 0 saturated carbocycles. The number of nitrogens with zero attached hydrogens (tertiary/aromatic N) is 1. The molecule has 0 radical (unpaired) electrons. The Hall–Kier alpha value is -2.07. The first-order valence-corrected chi connectivity index (χ1v) is 6.67. The number of methoxy groups -OCH3 is 1. The van der Waals surface area contributed by atoms with Crippen LogP contribution in [-0.4, -0.2) is 25.7 Å². The van der Waals surface area contributed by atoms with E-state index in [2.05, 4.69) is 10.3 Å². The van der Waals surface area contributed by atoms with Crippen LogP contribution >= 0.6 is 0 Å². The predicted molar refractivity (Wildman–Crippen MR) is 79.2 cm³/mol. The molecule has 0 atom stereocenters. The summed E-state index contributed by atoms with van der Waals surface area (Å²) in [4.78, 5) is 4.39. The van der Waals surface area contributed by atoms with Crippen LogP contribution in [-0.2, 0) is 13.0 Å². The van der Waals surface area contributed by atoms with E-state index in [1.165, 1.54) is 0 Å². The van der Waals surface area contributed by atoms with Gasteiger partial charge in [-0.25, -0.2) is 0 Å². The molecular weight excluding hydrogens is 252 g/mol. The summed E-state index contributed by atoms with van der Waals surface area (Å²) in [6.07, 6.45) is 2.60. The van der Waals surface area contributed by atoms with Gasteiger partial charge in [0.1, 0.15) is 6.61 Å². The second-order valence-corrected chi connectivity index (χ2v) is 4.45. The van der Waals surface area contributed by atoms with Crippen LogP contribution in [0, 0.1) is 0 Å². The first-order valence-electron chi connectivity index (χ1n) is 6.67. The highest BCUT2D eigenvalue weighted by Crippen LogP contribution is 2.27. The maximum atomic E-state index is 5.77.